The lowest BCUT2D eigenvalue weighted by molar-refractivity contribution is 0.119. The van der Waals surface area contributed by atoms with Gasteiger partial charge in [0.15, 0.2) is 0 Å². The van der Waals surface area contributed by atoms with Crippen molar-refractivity contribution >= 4 is 0 Å². The van der Waals surface area contributed by atoms with Gasteiger partial charge in [0.25, 0.3) is 0 Å². The standard InChI is InChI=1S/C16H32N2/c1-3-12-18(16-8-10-17-11-9-16)13-15-6-4-14(2)5-7-15/h14-17H,3-13H2,1-2H3. The maximum absolute atomic E-state index is 3.49. The molecule has 0 aromatic rings. The number of nitrogens with zero attached hydrogens (tertiary/aromatic N) is 1. The molecule has 0 bridgehead atoms. The number of hydrogen-bond donors (Lipinski definition) is 1. The fourth-order valence-electron chi connectivity index (χ4n) is 3.73. The molecule has 0 atom stereocenters. The molecule has 1 N–H and O–H groups in total. The van der Waals surface area contributed by atoms with Gasteiger partial charge in [0.1, 0.15) is 0 Å². The highest BCUT2D eigenvalue weighted by molar-refractivity contribution is 4.81. The van der Waals surface area contributed by atoms with Crippen molar-refractivity contribution in [2.75, 3.05) is 26.2 Å². The Labute approximate surface area is 114 Å². The fourth-order valence-corrected chi connectivity index (χ4v) is 3.73. The fraction of sp³-hybridized carbons (Fsp3) is 1.00. The third-order valence-electron chi connectivity index (χ3n) is 4.96. The molecule has 2 heteroatoms. The van der Waals surface area contributed by atoms with Gasteiger partial charge < -0.3 is 10.2 Å². The third kappa shape index (κ3) is 4.24. The number of nitrogens with one attached hydrogen (secondary N) is 1. The van der Waals surface area contributed by atoms with Gasteiger partial charge in [-0.15, -0.1) is 0 Å². The Bertz CT molecular complexity index is 215. The van der Waals surface area contributed by atoms with Gasteiger partial charge in [-0.1, -0.05) is 26.7 Å². The van der Waals surface area contributed by atoms with Gasteiger partial charge in [0.2, 0.25) is 0 Å². The molecular weight excluding hydrogens is 220 g/mol. The van der Waals surface area contributed by atoms with Crippen LogP contribution < -0.4 is 5.32 Å². The molecular formula is C16H32N2. The van der Waals surface area contributed by atoms with E-state index < -0.39 is 0 Å². The molecule has 0 spiro atoms. The first-order valence-electron chi connectivity index (χ1n) is 8.24. The predicted molar refractivity (Wildman–Crippen MR) is 78.9 cm³/mol. The van der Waals surface area contributed by atoms with E-state index >= 15 is 0 Å². The van der Waals surface area contributed by atoms with Crippen molar-refractivity contribution < 1.29 is 0 Å². The Balaban J connectivity index is 1.81. The van der Waals surface area contributed by atoms with Crippen LogP contribution >= 0.6 is 0 Å². The molecule has 1 saturated heterocycles. The number of rotatable bonds is 5. The Hall–Kier alpha value is -0.0800. The highest BCUT2D eigenvalue weighted by Crippen LogP contribution is 2.29. The minimum Gasteiger partial charge on any atom is -0.317 e. The highest BCUT2D eigenvalue weighted by atomic mass is 15.2. The second-order valence-electron chi connectivity index (χ2n) is 6.60. The first-order chi connectivity index (χ1) is 8.79. The van der Waals surface area contributed by atoms with Gasteiger partial charge in [-0.25, -0.2) is 0 Å². The van der Waals surface area contributed by atoms with Crippen molar-refractivity contribution in [3.63, 3.8) is 0 Å². The molecule has 1 aliphatic heterocycles. The van der Waals surface area contributed by atoms with Crippen LogP contribution in [0.15, 0.2) is 0 Å². The summed E-state index contributed by atoms with van der Waals surface area (Å²) in [6.07, 6.45) is 9.94. The SMILES string of the molecule is CCCN(CC1CCC(C)CC1)C1CCNCC1. The molecule has 18 heavy (non-hydrogen) atoms. The Morgan fingerprint density at radius 3 is 2.28 bits per heavy atom. The van der Waals surface area contributed by atoms with Crippen molar-refractivity contribution in [2.45, 2.75) is 64.8 Å². The Morgan fingerprint density at radius 2 is 1.67 bits per heavy atom. The molecule has 0 radical (unpaired) electrons. The monoisotopic (exact) mass is 252 g/mol. The molecule has 0 aromatic carbocycles. The smallest absolute Gasteiger partial charge is 0.0119 e. The molecule has 0 unspecified atom stereocenters. The van der Waals surface area contributed by atoms with E-state index in [1.807, 2.05) is 0 Å². The van der Waals surface area contributed by atoms with Crippen molar-refractivity contribution in [3.05, 3.63) is 0 Å². The molecule has 1 heterocycles. The minimum atomic E-state index is 0.866. The van der Waals surface area contributed by atoms with Crippen LogP contribution in [0.2, 0.25) is 0 Å². The maximum atomic E-state index is 3.49. The summed E-state index contributed by atoms with van der Waals surface area (Å²) >= 11 is 0. The Morgan fingerprint density at radius 1 is 1.00 bits per heavy atom. The van der Waals surface area contributed by atoms with Gasteiger partial charge >= 0.3 is 0 Å². The van der Waals surface area contributed by atoms with Crippen LogP contribution in [0, 0.1) is 11.8 Å². The molecule has 2 rings (SSSR count). The van der Waals surface area contributed by atoms with Crippen LogP contribution in [0.5, 0.6) is 0 Å². The lowest BCUT2D eigenvalue weighted by Gasteiger charge is -2.38. The summed E-state index contributed by atoms with van der Waals surface area (Å²) < 4.78 is 0. The third-order valence-corrected chi connectivity index (χ3v) is 4.96. The normalized spacial score (nSPS) is 30.8. The lowest BCUT2D eigenvalue weighted by Crippen LogP contribution is -2.45. The molecule has 1 saturated carbocycles. The van der Waals surface area contributed by atoms with Crippen LogP contribution in [0.1, 0.15) is 58.8 Å². The van der Waals surface area contributed by atoms with E-state index in [0.717, 1.165) is 17.9 Å². The molecule has 2 fully saturated rings. The minimum absolute atomic E-state index is 0.866. The van der Waals surface area contributed by atoms with Crippen LogP contribution in [-0.2, 0) is 0 Å². The topological polar surface area (TPSA) is 15.3 Å². The summed E-state index contributed by atoms with van der Waals surface area (Å²) in [5, 5.41) is 3.49. The summed E-state index contributed by atoms with van der Waals surface area (Å²) in [6, 6.07) is 0.866. The molecule has 1 aliphatic carbocycles. The van der Waals surface area contributed by atoms with E-state index in [1.54, 1.807) is 0 Å². The average Bonchev–Trinajstić information content (AvgIpc) is 2.42. The second kappa shape index (κ2) is 7.49. The van der Waals surface area contributed by atoms with Gasteiger partial charge in [0.05, 0.1) is 0 Å². The van der Waals surface area contributed by atoms with Crippen LogP contribution in [-0.4, -0.2) is 37.1 Å². The van der Waals surface area contributed by atoms with Gasteiger partial charge in [0, 0.05) is 12.6 Å². The van der Waals surface area contributed by atoms with E-state index in [2.05, 4.69) is 24.1 Å². The highest BCUT2D eigenvalue weighted by Gasteiger charge is 2.25. The van der Waals surface area contributed by atoms with Crippen molar-refractivity contribution in [3.8, 4) is 0 Å². The van der Waals surface area contributed by atoms with Crippen LogP contribution in [0.4, 0.5) is 0 Å². The Kier molecular flexibility index (Phi) is 5.97. The predicted octanol–water partition coefficient (Wildman–Crippen LogP) is 3.28. The van der Waals surface area contributed by atoms with E-state index in [1.165, 1.54) is 71.1 Å². The quantitative estimate of drug-likeness (QED) is 0.808. The van der Waals surface area contributed by atoms with Crippen molar-refractivity contribution in [1.82, 2.24) is 10.2 Å². The summed E-state index contributed by atoms with van der Waals surface area (Å²) in [4.78, 5) is 2.82. The largest absolute Gasteiger partial charge is 0.317 e. The van der Waals surface area contributed by atoms with Crippen molar-refractivity contribution in [1.29, 1.82) is 0 Å². The zero-order chi connectivity index (χ0) is 12.8. The summed E-state index contributed by atoms with van der Waals surface area (Å²) in [7, 11) is 0. The second-order valence-corrected chi connectivity index (χ2v) is 6.60. The maximum Gasteiger partial charge on any atom is 0.0119 e. The van der Waals surface area contributed by atoms with E-state index in [4.69, 9.17) is 0 Å². The average molecular weight is 252 g/mol. The van der Waals surface area contributed by atoms with E-state index in [-0.39, 0.29) is 0 Å². The van der Waals surface area contributed by atoms with Crippen LogP contribution in [0.25, 0.3) is 0 Å². The van der Waals surface area contributed by atoms with E-state index in [9.17, 15) is 0 Å². The zero-order valence-electron chi connectivity index (χ0n) is 12.5. The molecule has 2 nitrogen and oxygen atoms in total. The van der Waals surface area contributed by atoms with Crippen LogP contribution in [0.3, 0.4) is 0 Å². The number of hydrogen-bond acceptors (Lipinski definition) is 2. The molecule has 0 amide bonds. The first kappa shape index (κ1) is 14.3. The molecule has 106 valence electrons. The first-order valence-corrected chi connectivity index (χ1v) is 8.24. The summed E-state index contributed by atoms with van der Waals surface area (Å²) in [5.74, 6) is 1.97. The number of piperidine rings is 1. The van der Waals surface area contributed by atoms with Gasteiger partial charge in [-0.2, -0.15) is 0 Å². The summed E-state index contributed by atoms with van der Waals surface area (Å²) in [6.45, 7) is 9.91. The zero-order valence-corrected chi connectivity index (χ0v) is 12.5. The lowest BCUT2D eigenvalue weighted by atomic mass is 9.82. The summed E-state index contributed by atoms with van der Waals surface area (Å²) in [5.41, 5.74) is 0. The van der Waals surface area contributed by atoms with E-state index in [0.29, 0.717) is 0 Å². The molecule has 2 aliphatic rings. The van der Waals surface area contributed by atoms with Gasteiger partial charge in [-0.05, 0) is 63.6 Å². The molecule has 0 aromatic heterocycles. The van der Waals surface area contributed by atoms with Crippen molar-refractivity contribution in [2.24, 2.45) is 11.8 Å². The van der Waals surface area contributed by atoms with Gasteiger partial charge in [-0.3, -0.25) is 0 Å².